The Balaban J connectivity index is 0.989. The van der Waals surface area contributed by atoms with Crippen molar-refractivity contribution in [3.63, 3.8) is 0 Å². The number of aryl methyl sites for hydroxylation is 1. The summed E-state index contributed by atoms with van der Waals surface area (Å²) in [5.41, 5.74) is 9.25. The van der Waals surface area contributed by atoms with Crippen molar-refractivity contribution in [2.75, 3.05) is 16.5 Å². The second-order valence-corrected chi connectivity index (χ2v) is 17.0. The van der Waals surface area contributed by atoms with Crippen LogP contribution in [0.3, 0.4) is 0 Å². The van der Waals surface area contributed by atoms with E-state index in [9.17, 15) is 0 Å². The Morgan fingerprint density at radius 1 is 0.547 bits per heavy atom. The van der Waals surface area contributed by atoms with E-state index in [1.165, 1.54) is 5.56 Å². The zero-order chi connectivity index (χ0) is 52.1. The first-order valence-electron chi connectivity index (χ1n) is 26.2. The molecule has 0 saturated carbocycles. The topological polar surface area (TPSA) is 33.5 Å². The van der Waals surface area contributed by atoms with Crippen LogP contribution in [0.4, 0.5) is 22.7 Å². The first-order chi connectivity index (χ1) is 35.4. The molecule has 5 nitrogen and oxygen atoms in total. The fraction of sp³-hybridized carbons (Fsp3) is 0.102. The average Bonchev–Trinajstić information content (AvgIpc) is 3.94. The molecule has 0 fully saturated rings. The predicted octanol–water partition coefficient (Wildman–Crippen LogP) is 15.8. The molecule has 2 aromatic heterocycles. The Hall–Kier alpha value is -7.89. The summed E-state index contributed by atoms with van der Waals surface area (Å²) in [5.74, 6) is 1.93. The number of fused-ring (bicyclic) bond motifs is 4. The Bertz CT molecular complexity index is 3800. The smallest absolute Gasteiger partial charge is 0.137 e. The normalized spacial score (nSPS) is 14.8. The first kappa shape index (κ1) is 29.4. The van der Waals surface area contributed by atoms with Crippen molar-refractivity contribution in [2.45, 2.75) is 33.1 Å². The van der Waals surface area contributed by atoms with Crippen molar-refractivity contribution in [2.24, 2.45) is 0 Å². The van der Waals surface area contributed by atoms with Gasteiger partial charge in [-0.15, -0.1) is 0 Å². The second-order valence-electron chi connectivity index (χ2n) is 17.0. The van der Waals surface area contributed by atoms with Gasteiger partial charge in [0, 0.05) is 51.5 Å². The number of hydrogen-bond acceptors (Lipinski definition) is 4. The molecule has 1 aliphatic heterocycles. The van der Waals surface area contributed by atoms with Gasteiger partial charge in [-0.05, 0) is 88.7 Å². The van der Waals surface area contributed by atoms with Crippen LogP contribution < -0.4 is 14.5 Å². The van der Waals surface area contributed by atoms with Crippen molar-refractivity contribution < 1.29 is 18.4 Å². The highest BCUT2D eigenvalue weighted by atomic mass is 16.5. The molecule has 8 aromatic carbocycles. The Kier molecular flexibility index (Phi) is 7.25. The average molecular weight is 839 g/mol. The van der Waals surface area contributed by atoms with Crippen molar-refractivity contribution in [1.29, 1.82) is 0 Å². The third-order valence-electron chi connectivity index (χ3n) is 12.0. The molecule has 0 amide bonds. The fourth-order valence-corrected chi connectivity index (χ4v) is 8.86. The van der Waals surface area contributed by atoms with Gasteiger partial charge in [0.15, 0.2) is 0 Å². The lowest BCUT2D eigenvalue weighted by Crippen LogP contribution is -2.24. The molecule has 3 heterocycles. The molecule has 5 heteroatoms. The van der Waals surface area contributed by atoms with Crippen LogP contribution in [0.25, 0.3) is 61.0 Å². The Morgan fingerprint density at radius 3 is 1.86 bits per heavy atom. The molecular formula is C59H48N4O. The third-order valence-corrected chi connectivity index (χ3v) is 12.0. The number of anilines is 4. The first-order valence-corrected chi connectivity index (χ1v) is 21.2. The number of hydrogen-bond donors (Lipinski definition) is 0. The summed E-state index contributed by atoms with van der Waals surface area (Å²) in [6.45, 7) is 8.87. The van der Waals surface area contributed by atoms with E-state index in [1.807, 2.05) is 88.8 Å². The summed E-state index contributed by atoms with van der Waals surface area (Å²) in [6, 6.07) is 40.3. The van der Waals surface area contributed by atoms with Gasteiger partial charge in [-0.3, -0.25) is 4.57 Å². The summed E-state index contributed by atoms with van der Waals surface area (Å²) >= 11 is 0. The largest absolute Gasteiger partial charge is 0.457 e. The zero-order valence-electron chi connectivity index (χ0n) is 45.8. The number of aromatic nitrogens is 2. The Labute approximate surface area is 389 Å². The fourth-order valence-electron chi connectivity index (χ4n) is 8.86. The van der Waals surface area contributed by atoms with Gasteiger partial charge >= 0.3 is 0 Å². The number of ether oxygens (including phenoxy) is 1. The molecule has 0 N–H and O–H groups in total. The molecule has 64 heavy (non-hydrogen) atoms. The minimum Gasteiger partial charge on any atom is -0.457 e. The van der Waals surface area contributed by atoms with Crippen LogP contribution in [0, 0.1) is 6.92 Å². The summed E-state index contributed by atoms with van der Waals surface area (Å²) in [6.07, 6.45) is 1.95. The van der Waals surface area contributed by atoms with Crippen LogP contribution in [-0.2, 0) is 5.41 Å². The number of pyridine rings is 1. The van der Waals surface area contributed by atoms with Crippen LogP contribution in [0.2, 0.25) is 0 Å². The van der Waals surface area contributed by atoms with Gasteiger partial charge in [-0.2, -0.15) is 0 Å². The molecule has 0 aliphatic carbocycles. The molecule has 11 rings (SSSR count). The maximum absolute atomic E-state index is 9.05. The highest BCUT2D eigenvalue weighted by molar-refractivity contribution is 6.09. The lowest BCUT2D eigenvalue weighted by Gasteiger charge is -2.27. The van der Waals surface area contributed by atoms with Crippen LogP contribution in [0.15, 0.2) is 206 Å². The zero-order valence-corrected chi connectivity index (χ0v) is 35.8. The quantitative estimate of drug-likeness (QED) is 0.153. The lowest BCUT2D eigenvalue weighted by molar-refractivity contribution is 0.483. The van der Waals surface area contributed by atoms with Crippen molar-refractivity contribution in [3.05, 3.63) is 217 Å². The lowest BCUT2D eigenvalue weighted by atomic mass is 9.86. The van der Waals surface area contributed by atoms with Gasteiger partial charge in [0.1, 0.15) is 24.0 Å². The summed E-state index contributed by atoms with van der Waals surface area (Å²) < 4.78 is 96.1. The number of para-hydroxylation sites is 4. The van der Waals surface area contributed by atoms with Crippen LogP contribution >= 0.6 is 0 Å². The van der Waals surface area contributed by atoms with Gasteiger partial charge in [0.2, 0.25) is 0 Å². The van der Waals surface area contributed by atoms with E-state index >= 15 is 0 Å². The Morgan fingerprint density at radius 2 is 1.17 bits per heavy atom. The van der Waals surface area contributed by atoms with Gasteiger partial charge < -0.3 is 14.5 Å². The van der Waals surface area contributed by atoms with Gasteiger partial charge in [-0.25, -0.2) is 4.98 Å². The highest BCUT2D eigenvalue weighted by Gasteiger charge is 2.31. The van der Waals surface area contributed by atoms with Gasteiger partial charge in [0.25, 0.3) is 0 Å². The third kappa shape index (κ3) is 6.96. The molecule has 0 spiro atoms. The van der Waals surface area contributed by atoms with E-state index in [2.05, 4.69) is 80.8 Å². The summed E-state index contributed by atoms with van der Waals surface area (Å²) in [5, 5.41) is 2.13. The second kappa shape index (κ2) is 15.8. The minimum absolute atomic E-state index is 0.0498. The van der Waals surface area contributed by atoms with Crippen LogP contribution in [-0.4, -0.2) is 16.2 Å². The summed E-state index contributed by atoms with van der Waals surface area (Å²) in [4.78, 5) is 9.00. The molecule has 0 atom stereocenters. The van der Waals surface area contributed by atoms with Gasteiger partial charge in [0.05, 0.1) is 41.8 Å². The van der Waals surface area contributed by atoms with Crippen LogP contribution in [0.1, 0.15) is 45.6 Å². The monoisotopic (exact) mass is 838 g/mol. The molecular weight excluding hydrogens is 781 g/mol. The molecule has 1 aliphatic rings. The molecule has 0 unspecified atom stereocenters. The predicted molar refractivity (Wildman–Crippen MR) is 267 cm³/mol. The maximum Gasteiger partial charge on any atom is 0.137 e. The summed E-state index contributed by atoms with van der Waals surface area (Å²) in [7, 11) is 0. The van der Waals surface area contributed by atoms with Crippen molar-refractivity contribution in [1.82, 2.24) is 9.55 Å². The van der Waals surface area contributed by atoms with E-state index in [4.69, 9.17) is 23.4 Å². The molecule has 0 radical (unpaired) electrons. The molecule has 10 aromatic rings. The number of nitrogens with zero attached hydrogens (tertiary/aromatic N) is 4. The van der Waals surface area contributed by atoms with Crippen molar-refractivity contribution in [3.8, 4) is 50.7 Å². The van der Waals surface area contributed by atoms with E-state index in [-0.39, 0.29) is 34.3 Å². The van der Waals surface area contributed by atoms with E-state index < -0.39 is 60.4 Å². The number of rotatable bonds is 8. The van der Waals surface area contributed by atoms with E-state index in [1.54, 1.807) is 18.2 Å². The van der Waals surface area contributed by atoms with Crippen LogP contribution in [0.5, 0.6) is 11.5 Å². The highest BCUT2D eigenvalue weighted by Crippen LogP contribution is 2.50. The van der Waals surface area contributed by atoms with E-state index in [0.717, 1.165) is 55.7 Å². The minimum atomic E-state index is -0.551. The maximum atomic E-state index is 9.05. The molecule has 0 saturated heterocycles. The van der Waals surface area contributed by atoms with Crippen molar-refractivity contribution >= 4 is 44.6 Å². The number of benzene rings is 8. The molecule has 310 valence electrons. The SMILES string of the molecule is [2H]c1c([2H])c([2H])c(-c2cccc(-c3c([2H])c([2H])c([2H])c([2H])c3[2H])c2N2CN(c3cccc(Oc4ccc5c6ccccc6n(-c6cc(C)c(-c7ccc(C(C)(C)C)cc7)cn6)c5c4)c3)c3ccccc32)c([2H])c1[2H]. The standard InChI is InChI=1S/C59H48N4O/c1-40-35-57(60-38-52(40)43-29-31-44(32-30-43)59(2,3)4)63-53-26-12-11-23-50(53)51-34-33-47(37-56(51)63)64-46-22-15-21-45(36-46)61-39-62(55-28-14-13-27-54(55)61)58-48(41-17-7-5-8-18-41)24-16-25-49(58)42-19-9-6-10-20-42/h5-38H,39H2,1-4H3/i5D,6D,7D,8D,9D,10D,17D,18D,19D,20D. The van der Waals surface area contributed by atoms with E-state index in [0.29, 0.717) is 22.9 Å². The molecule has 0 bridgehead atoms. The van der Waals surface area contributed by atoms with Gasteiger partial charge in [-0.1, -0.05) is 160 Å².